The number of anilines is 2. The van der Waals surface area contributed by atoms with Crippen molar-refractivity contribution in [1.82, 2.24) is 9.97 Å². The van der Waals surface area contributed by atoms with Crippen LogP contribution in [0.15, 0.2) is 24.3 Å². The lowest BCUT2D eigenvalue weighted by Gasteiger charge is -2.21. The van der Waals surface area contributed by atoms with Crippen LogP contribution in [-0.4, -0.2) is 20.9 Å². The van der Waals surface area contributed by atoms with Gasteiger partial charge in [0, 0.05) is 17.2 Å². The molecule has 1 saturated carbocycles. The van der Waals surface area contributed by atoms with Crippen LogP contribution in [-0.2, 0) is 0 Å². The van der Waals surface area contributed by atoms with Crippen molar-refractivity contribution < 1.29 is 5.11 Å². The summed E-state index contributed by atoms with van der Waals surface area (Å²) >= 11 is 0. The van der Waals surface area contributed by atoms with Crippen molar-refractivity contribution in [2.75, 3.05) is 5.32 Å². The number of benzene rings is 1. The molecule has 1 heterocycles. The van der Waals surface area contributed by atoms with Crippen molar-refractivity contribution in [2.24, 2.45) is 5.73 Å². The molecule has 0 atom stereocenters. The monoisotopic (exact) mass is 325 g/mol. The highest BCUT2D eigenvalue weighted by molar-refractivity contribution is 5.95. The number of nitrogens with two attached hydrogens (primary N) is 1. The maximum Gasteiger partial charge on any atom is 0.180 e. The van der Waals surface area contributed by atoms with Gasteiger partial charge in [-0.15, -0.1) is 0 Å². The zero-order valence-electron chi connectivity index (χ0n) is 13.8. The number of rotatable bonds is 4. The fraction of sp³-hybridized carbons (Fsp3) is 0.389. The average molecular weight is 325 g/mol. The van der Waals surface area contributed by atoms with Gasteiger partial charge >= 0.3 is 0 Å². The second-order valence-electron chi connectivity index (χ2n) is 6.32. The number of amidine groups is 1. The Morgan fingerprint density at radius 2 is 1.83 bits per heavy atom. The number of hydrogen-bond donors (Lipinski definition) is 4. The van der Waals surface area contributed by atoms with Gasteiger partial charge in [-0.05, 0) is 44.0 Å². The normalized spacial score (nSPS) is 15.2. The van der Waals surface area contributed by atoms with E-state index < -0.39 is 0 Å². The van der Waals surface area contributed by atoms with Crippen LogP contribution in [0.3, 0.4) is 0 Å². The molecule has 1 aromatic carbocycles. The first-order valence-electron chi connectivity index (χ1n) is 8.33. The minimum atomic E-state index is 0.0295. The Hall–Kier alpha value is -2.63. The van der Waals surface area contributed by atoms with Crippen molar-refractivity contribution in [3.8, 4) is 5.75 Å². The number of nitrogen functional groups attached to an aromatic ring is 1. The molecule has 24 heavy (non-hydrogen) atoms. The zero-order chi connectivity index (χ0) is 17.1. The maximum absolute atomic E-state index is 10.3. The molecule has 0 saturated heterocycles. The van der Waals surface area contributed by atoms with Crippen LogP contribution in [0, 0.1) is 12.3 Å². The predicted molar refractivity (Wildman–Crippen MR) is 95.0 cm³/mol. The quantitative estimate of drug-likeness (QED) is 0.508. The van der Waals surface area contributed by atoms with Gasteiger partial charge in [0.2, 0.25) is 0 Å². The fourth-order valence-corrected chi connectivity index (χ4v) is 3.09. The first-order valence-corrected chi connectivity index (χ1v) is 8.33. The summed E-state index contributed by atoms with van der Waals surface area (Å²) in [6.07, 6.45) is 5.92. The molecule has 6 nitrogen and oxygen atoms in total. The van der Waals surface area contributed by atoms with E-state index in [9.17, 15) is 5.11 Å². The SMILES string of the molecule is Cc1nc(C2CCCCC2)nc(Nc2ccc(C(=N)N)cc2)c1O. The highest BCUT2D eigenvalue weighted by Crippen LogP contribution is 2.34. The van der Waals surface area contributed by atoms with Crippen LogP contribution < -0.4 is 11.1 Å². The molecule has 0 radical (unpaired) electrons. The van der Waals surface area contributed by atoms with Crippen molar-refractivity contribution >= 4 is 17.3 Å². The lowest BCUT2D eigenvalue weighted by atomic mass is 9.88. The third-order valence-electron chi connectivity index (χ3n) is 4.50. The number of nitrogens with zero attached hydrogens (tertiary/aromatic N) is 2. The average Bonchev–Trinajstić information content (AvgIpc) is 2.60. The van der Waals surface area contributed by atoms with Crippen LogP contribution in [0.4, 0.5) is 11.5 Å². The summed E-state index contributed by atoms with van der Waals surface area (Å²) in [6, 6.07) is 7.15. The molecule has 1 aliphatic rings. The Bertz CT molecular complexity index is 736. The fourth-order valence-electron chi connectivity index (χ4n) is 3.09. The van der Waals surface area contributed by atoms with E-state index in [1.54, 1.807) is 19.1 Å². The van der Waals surface area contributed by atoms with Gasteiger partial charge in [0.15, 0.2) is 11.6 Å². The Labute approximate surface area is 141 Å². The summed E-state index contributed by atoms with van der Waals surface area (Å²) in [5.74, 6) is 1.72. The van der Waals surface area contributed by atoms with E-state index in [-0.39, 0.29) is 11.6 Å². The van der Waals surface area contributed by atoms with E-state index in [1.165, 1.54) is 19.3 Å². The van der Waals surface area contributed by atoms with E-state index in [0.29, 0.717) is 23.0 Å². The largest absolute Gasteiger partial charge is 0.503 e. The van der Waals surface area contributed by atoms with Crippen molar-refractivity contribution in [3.05, 3.63) is 41.3 Å². The van der Waals surface area contributed by atoms with Gasteiger partial charge in [0.1, 0.15) is 11.7 Å². The van der Waals surface area contributed by atoms with Gasteiger partial charge in [-0.25, -0.2) is 9.97 Å². The first-order chi connectivity index (χ1) is 11.5. The summed E-state index contributed by atoms with van der Waals surface area (Å²) in [7, 11) is 0. The van der Waals surface area contributed by atoms with E-state index in [1.807, 2.05) is 12.1 Å². The summed E-state index contributed by atoms with van der Waals surface area (Å²) < 4.78 is 0. The first kappa shape index (κ1) is 16.2. The van der Waals surface area contributed by atoms with E-state index in [0.717, 1.165) is 24.4 Å². The Balaban J connectivity index is 1.86. The molecule has 1 aliphatic carbocycles. The van der Waals surface area contributed by atoms with E-state index in [2.05, 4.69) is 15.3 Å². The molecule has 1 aromatic heterocycles. The van der Waals surface area contributed by atoms with Gasteiger partial charge in [0.05, 0.1) is 5.69 Å². The molecule has 0 spiro atoms. The van der Waals surface area contributed by atoms with Gasteiger partial charge in [-0.3, -0.25) is 5.41 Å². The summed E-state index contributed by atoms with van der Waals surface area (Å²) in [5.41, 5.74) is 7.50. The standard InChI is InChI=1S/C18H23N5O/c1-11-15(24)18(22-14-9-7-12(8-10-14)16(19)20)23-17(21-11)13-5-3-2-4-6-13/h7-10,13,24H,2-6H2,1H3,(H3,19,20)(H,21,22,23). The Morgan fingerprint density at radius 3 is 2.46 bits per heavy atom. The van der Waals surface area contributed by atoms with Crippen LogP contribution >= 0.6 is 0 Å². The van der Waals surface area contributed by atoms with Crippen LogP contribution in [0.5, 0.6) is 5.75 Å². The third kappa shape index (κ3) is 3.48. The molecule has 0 unspecified atom stereocenters. The molecule has 0 bridgehead atoms. The number of aromatic nitrogens is 2. The molecule has 0 amide bonds. The molecule has 0 aliphatic heterocycles. The maximum atomic E-state index is 10.3. The number of hydrogen-bond acceptors (Lipinski definition) is 5. The van der Waals surface area contributed by atoms with Crippen LogP contribution in [0.2, 0.25) is 0 Å². The van der Waals surface area contributed by atoms with Crippen molar-refractivity contribution in [3.63, 3.8) is 0 Å². The second-order valence-corrected chi connectivity index (χ2v) is 6.32. The van der Waals surface area contributed by atoms with Gasteiger partial charge < -0.3 is 16.2 Å². The van der Waals surface area contributed by atoms with Crippen LogP contribution in [0.25, 0.3) is 0 Å². The van der Waals surface area contributed by atoms with Crippen molar-refractivity contribution in [1.29, 1.82) is 5.41 Å². The predicted octanol–water partition coefficient (Wildman–Crippen LogP) is 3.57. The summed E-state index contributed by atoms with van der Waals surface area (Å²) in [4.78, 5) is 9.06. The summed E-state index contributed by atoms with van der Waals surface area (Å²) in [5, 5.41) is 20.9. The Kier molecular flexibility index (Phi) is 4.64. The van der Waals surface area contributed by atoms with E-state index in [4.69, 9.17) is 11.1 Å². The third-order valence-corrected chi connectivity index (χ3v) is 4.50. The van der Waals surface area contributed by atoms with Crippen molar-refractivity contribution in [2.45, 2.75) is 44.9 Å². The number of nitrogens with one attached hydrogen (secondary N) is 2. The van der Waals surface area contributed by atoms with Gasteiger partial charge in [-0.2, -0.15) is 0 Å². The van der Waals surface area contributed by atoms with E-state index >= 15 is 0 Å². The van der Waals surface area contributed by atoms with Gasteiger partial charge in [0.25, 0.3) is 0 Å². The summed E-state index contributed by atoms with van der Waals surface area (Å²) in [6.45, 7) is 1.80. The highest BCUT2D eigenvalue weighted by Gasteiger charge is 2.21. The molecule has 2 aromatic rings. The lowest BCUT2D eigenvalue weighted by Crippen LogP contribution is -2.12. The molecular weight excluding hydrogens is 302 g/mol. The smallest absolute Gasteiger partial charge is 0.180 e. The molecule has 3 rings (SSSR count). The molecule has 5 N–H and O–H groups in total. The second kappa shape index (κ2) is 6.86. The van der Waals surface area contributed by atoms with Crippen LogP contribution in [0.1, 0.15) is 55.1 Å². The zero-order valence-corrected chi connectivity index (χ0v) is 13.8. The minimum absolute atomic E-state index is 0.0295. The lowest BCUT2D eigenvalue weighted by molar-refractivity contribution is 0.422. The molecule has 126 valence electrons. The van der Waals surface area contributed by atoms with Gasteiger partial charge in [-0.1, -0.05) is 19.3 Å². The Morgan fingerprint density at radius 1 is 1.17 bits per heavy atom. The topological polar surface area (TPSA) is 108 Å². The molecule has 6 heteroatoms. The molecular formula is C18H23N5O. The minimum Gasteiger partial charge on any atom is -0.503 e. The highest BCUT2D eigenvalue weighted by atomic mass is 16.3. The molecule has 1 fully saturated rings. The number of aromatic hydroxyl groups is 1. The number of aryl methyl sites for hydroxylation is 1.